The summed E-state index contributed by atoms with van der Waals surface area (Å²) >= 11 is 3.59. The highest BCUT2D eigenvalue weighted by molar-refractivity contribution is 9.10. The second-order valence-corrected chi connectivity index (χ2v) is 5.48. The second kappa shape index (κ2) is 4.65. The van der Waals surface area contributed by atoms with Gasteiger partial charge < -0.3 is 0 Å². The molecule has 1 heterocycles. The standard InChI is InChI=1S/C14H15BrN2/c15-14-8-4-3-7-13(14)11-9-16-17(10-11)12-5-1-2-6-12/h3-4,7-10,12H,1-2,5-6H2. The first-order valence-corrected chi connectivity index (χ1v) is 6.93. The Bertz CT molecular complexity index is 512. The predicted molar refractivity (Wildman–Crippen MR) is 72.9 cm³/mol. The van der Waals surface area contributed by atoms with E-state index in [1.807, 2.05) is 12.3 Å². The third-order valence-electron chi connectivity index (χ3n) is 3.49. The number of hydrogen-bond donors (Lipinski definition) is 0. The van der Waals surface area contributed by atoms with E-state index in [1.54, 1.807) is 0 Å². The fourth-order valence-corrected chi connectivity index (χ4v) is 3.05. The van der Waals surface area contributed by atoms with Gasteiger partial charge in [0.25, 0.3) is 0 Å². The Kier molecular flexibility index (Phi) is 3.02. The van der Waals surface area contributed by atoms with Gasteiger partial charge in [-0.05, 0) is 24.5 Å². The van der Waals surface area contributed by atoms with Gasteiger partial charge in [-0.2, -0.15) is 5.10 Å². The lowest BCUT2D eigenvalue weighted by Crippen LogP contribution is -2.04. The molecule has 0 unspecified atom stereocenters. The Morgan fingerprint density at radius 2 is 1.94 bits per heavy atom. The summed E-state index contributed by atoms with van der Waals surface area (Å²) in [6.45, 7) is 0. The summed E-state index contributed by atoms with van der Waals surface area (Å²) in [5.74, 6) is 0. The summed E-state index contributed by atoms with van der Waals surface area (Å²) < 4.78 is 3.27. The van der Waals surface area contributed by atoms with Crippen molar-refractivity contribution in [2.45, 2.75) is 31.7 Å². The summed E-state index contributed by atoms with van der Waals surface area (Å²) in [6, 6.07) is 8.91. The summed E-state index contributed by atoms with van der Waals surface area (Å²) in [6.07, 6.45) is 9.38. The van der Waals surface area contributed by atoms with Crippen LogP contribution in [0, 0.1) is 0 Å². The maximum absolute atomic E-state index is 4.51. The van der Waals surface area contributed by atoms with E-state index in [-0.39, 0.29) is 0 Å². The first-order valence-electron chi connectivity index (χ1n) is 6.13. The van der Waals surface area contributed by atoms with Gasteiger partial charge in [-0.1, -0.05) is 47.0 Å². The number of benzene rings is 1. The third-order valence-corrected chi connectivity index (χ3v) is 4.18. The molecule has 0 bridgehead atoms. The van der Waals surface area contributed by atoms with Gasteiger partial charge >= 0.3 is 0 Å². The fourth-order valence-electron chi connectivity index (χ4n) is 2.54. The van der Waals surface area contributed by atoms with Gasteiger partial charge in [-0.3, -0.25) is 4.68 Å². The van der Waals surface area contributed by atoms with Crippen LogP contribution in [-0.4, -0.2) is 9.78 Å². The SMILES string of the molecule is Brc1ccccc1-c1cnn(C2CCCC2)c1. The highest BCUT2D eigenvalue weighted by Crippen LogP contribution is 2.32. The van der Waals surface area contributed by atoms with Crippen LogP contribution in [0.25, 0.3) is 11.1 Å². The lowest BCUT2D eigenvalue weighted by Gasteiger charge is -2.08. The van der Waals surface area contributed by atoms with Crippen molar-refractivity contribution in [3.8, 4) is 11.1 Å². The van der Waals surface area contributed by atoms with E-state index in [9.17, 15) is 0 Å². The van der Waals surface area contributed by atoms with Crippen molar-refractivity contribution in [3.63, 3.8) is 0 Å². The normalized spacial score (nSPS) is 16.5. The zero-order chi connectivity index (χ0) is 11.7. The molecule has 0 saturated heterocycles. The lowest BCUT2D eigenvalue weighted by molar-refractivity contribution is 0.467. The molecule has 1 saturated carbocycles. The van der Waals surface area contributed by atoms with Gasteiger partial charge in [0, 0.05) is 16.2 Å². The van der Waals surface area contributed by atoms with Gasteiger partial charge in [0.05, 0.1) is 12.2 Å². The molecule has 1 aromatic heterocycles. The van der Waals surface area contributed by atoms with E-state index >= 15 is 0 Å². The maximum atomic E-state index is 4.51. The van der Waals surface area contributed by atoms with Crippen molar-refractivity contribution in [2.75, 3.05) is 0 Å². The van der Waals surface area contributed by atoms with Gasteiger partial charge in [-0.25, -0.2) is 0 Å². The van der Waals surface area contributed by atoms with Crippen LogP contribution in [0.4, 0.5) is 0 Å². The van der Waals surface area contributed by atoms with E-state index in [4.69, 9.17) is 0 Å². The van der Waals surface area contributed by atoms with Crippen LogP contribution in [0.5, 0.6) is 0 Å². The number of hydrogen-bond acceptors (Lipinski definition) is 1. The monoisotopic (exact) mass is 290 g/mol. The van der Waals surface area contributed by atoms with Crippen LogP contribution in [0.1, 0.15) is 31.7 Å². The fraction of sp³-hybridized carbons (Fsp3) is 0.357. The number of aromatic nitrogens is 2. The summed E-state index contributed by atoms with van der Waals surface area (Å²) in [7, 11) is 0. The van der Waals surface area contributed by atoms with Crippen molar-refractivity contribution in [1.29, 1.82) is 0 Å². The number of halogens is 1. The van der Waals surface area contributed by atoms with Crippen molar-refractivity contribution < 1.29 is 0 Å². The minimum atomic E-state index is 0.617. The van der Waals surface area contributed by atoms with Crippen LogP contribution in [0.2, 0.25) is 0 Å². The van der Waals surface area contributed by atoms with Crippen LogP contribution in [0.3, 0.4) is 0 Å². The Labute approximate surface area is 110 Å². The van der Waals surface area contributed by atoms with Crippen LogP contribution in [-0.2, 0) is 0 Å². The van der Waals surface area contributed by atoms with Crippen LogP contribution < -0.4 is 0 Å². The Balaban J connectivity index is 1.92. The molecular weight excluding hydrogens is 276 g/mol. The lowest BCUT2D eigenvalue weighted by atomic mass is 10.1. The van der Waals surface area contributed by atoms with Gasteiger partial charge in [0.15, 0.2) is 0 Å². The number of nitrogens with zero attached hydrogens (tertiary/aromatic N) is 2. The molecule has 0 N–H and O–H groups in total. The molecule has 3 rings (SSSR count). The Hall–Kier alpha value is -1.09. The highest BCUT2D eigenvalue weighted by atomic mass is 79.9. The maximum Gasteiger partial charge on any atom is 0.0568 e. The topological polar surface area (TPSA) is 17.8 Å². The van der Waals surface area contributed by atoms with Gasteiger partial charge in [0.1, 0.15) is 0 Å². The largest absolute Gasteiger partial charge is 0.269 e. The first-order chi connectivity index (χ1) is 8.34. The summed E-state index contributed by atoms with van der Waals surface area (Å²) in [5, 5.41) is 4.51. The number of rotatable bonds is 2. The zero-order valence-electron chi connectivity index (χ0n) is 9.64. The van der Waals surface area contributed by atoms with Gasteiger partial charge in [-0.15, -0.1) is 0 Å². The molecule has 1 aliphatic carbocycles. The smallest absolute Gasteiger partial charge is 0.0568 e. The average Bonchev–Trinajstić information content (AvgIpc) is 3.00. The van der Waals surface area contributed by atoms with Crippen LogP contribution >= 0.6 is 15.9 Å². The third kappa shape index (κ3) is 2.16. The van der Waals surface area contributed by atoms with Crippen molar-refractivity contribution in [3.05, 3.63) is 41.1 Å². The minimum absolute atomic E-state index is 0.617. The molecule has 88 valence electrons. The summed E-state index contributed by atoms with van der Waals surface area (Å²) in [4.78, 5) is 0. The molecule has 0 aliphatic heterocycles. The van der Waals surface area contributed by atoms with E-state index < -0.39 is 0 Å². The van der Waals surface area contributed by atoms with E-state index in [0.29, 0.717) is 6.04 Å². The minimum Gasteiger partial charge on any atom is -0.269 e. The van der Waals surface area contributed by atoms with Gasteiger partial charge in [0.2, 0.25) is 0 Å². The molecule has 1 aromatic carbocycles. The molecular formula is C14H15BrN2. The predicted octanol–water partition coefficient (Wildman–Crippen LogP) is 4.43. The molecule has 3 heteroatoms. The molecule has 17 heavy (non-hydrogen) atoms. The molecule has 0 atom stereocenters. The molecule has 2 nitrogen and oxygen atoms in total. The second-order valence-electron chi connectivity index (χ2n) is 4.63. The molecule has 2 aromatic rings. The van der Waals surface area contributed by atoms with Crippen molar-refractivity contribution in [2.24, 2.45) is 0 Å². The van der Waals surface area contributed by atoms with E-state index in [1.165, 1.54) is 36.8 Å². The van der Waals surface area contributed by atoms with E-state index in [2.05, 4.69) is 50.1 Å². The Morgan fingerprint density at radius 3 is 2.71 bits per heavy atom. The molecule has 0 radical (unpaired) electrons. The van der Waals surface area contributed by atoms with Crippen molar-refractivity contribution in [1.82, 2.24) is 9.78 Å². The quantitative estimate of drug-likeness (QED) is 0.800. The average molecular weight is 291 g/mol. The molecule has 1 aliphatic rings. The Morgan fingerprint density at radius 1 is 1.18 bits per heavy atom. The van der Waals surface area contributed by atoms with Crippen LogP contribution in [0.15, 0.2) is 41.1 Å². The van der Waals surface area contributed by atoms with E-state index in [0.717, 1.165) is 4.47 Å². The zero-order valence-corrected chi connectivity index (χ0v) is 11.2. The first kappa shape index (κ1) is 11.0. The summed E-state index contributed by atoms with van der Waals surface area (Å²) in [5.41, 5.74) is 2.42. The highest BCUT2D eigenvalue weighted by Gasteiger charge is 2.18. The molecule has 1 fully saturated rings. The molecule has 0 amide bonds. The van der Waals surface area contributed by atoms with Crippen molar-refractivity contribution >= 4 is 15.9 Å². The molecule has 0 spiro atoms.